The van der Waals surface area contributed by atoms with E-state index >= 15 is 0 Å². The van der Waals surface area contributed by atoms with Gasteiger partial charge in [0.25, 0.3) is 0 Å². The molecule has 0 radical (unpaired) electrons. The Morgan fingerprint density at radius 2 is 2.00 bits per heavy atom. The lowest BCUT2D eigenvalue weighted by Gasteiger charge is -2.23. The van der Waals surface area contributed by atoms with E-state index in [0.29, 0.717) is 23.8 Å². The summed E-state index contributed by atoms with van der Waals surface area (Å²) in [5, 5.41) is 10.4. The summed E-state index contributed by atoms with van der Waals surface area (Å²) in [5.74, 6) is -1.75. The fourth-order valence-corrected chi connectivity index (χ4v) is 7.03. The van der Waals surface area contributed by atoms with Crippen molar-refractivity contribution in [1.29, 1.82) is 0 Å². The number of piperidine rings is 1. The van der Waals surface area contributed by atoms with E-state index in [1.54, 1.807) is 6.20 Å². The number of anilines is 3. The molecule has 6 rings (SSSR count). The molecular formula is C35H39F2N7OS. The molecule has 1 amide bonds. The molecule has 2 aromatic heterocycles. The maximum absolute atomic E-state index is 14.4. The van der Waals surface area contributed by atoms with Crippen molar-refractivity contribution in [3.8, 4) is 10.6 Å². The van der Waals surface area contributed by atoms with Gasteiger partial charge in [0.15, 0.2) is 5.13 Å². The van der Waals surface area contributed by atoms with Crippen LogP contribution in [0, 0.1) is 18.8 Å². The Morgan fingerprint density at radius 1 is 1.17 bits per heavy atom. The molecule has 1 saturated heterocycles. The number of benzene rings is 1. The Balaban J connectivity index is 1.22. The van der Waals surface area contributed by atoms with Gasteiger partial charge in [-0.3, -0.25) is 4.79 Å². The summed E-state index contributed by atoms with van der Waals surface area (Å²) < 4.78 is 28.7. The Kier molecular flexibility index (Phi) is 9.70. The SMILES string of the molecule is Cc1cc(Nc2nccc(-c3sc(N(C)C)nc3C3=CC(NC(=O)C4C(F)=CC=CC4F)CC=C3)n2)ccc1CC1CCNCC1. The molecule has 240 valence electrons. The summed E-state index contributed by atoms with van der Waals surface area (Å²) in [6, 6.07) is 7.85. The number of hydrogen-bond acceptors (Lipinski definition) is 8. The highest BCUT2D eigenvalue weighted by Gasteiger charge is 2.34. The van der Waals surface area contributed by atoms with E-state index in [1.807, 2.05) is 43.3 Å². The van der Waals surface area contributed by atoms with Crippen LogP contribution in [-0.2, 0) is 11.2 Å². The molecule has 1 aliphatic heterocycles. The largest absolute Gasteiger partial charge is 0.354 e. The van der Waals surface area contributed by atoms with Gasteiger partial charge in [-0.1, -0.05) is 41.7 Å². The standard InChI is InChI=1S/C35H39F2N7OS/c1-21-18-26(11-10-23(21)19-22-12-15-38-16-13-22)41-34-39-17-14-29(42-34)32-31(43-35(46-32)44(2)3)24-6-4-7-25(20-24)40-33(45)30-27(36)8-5-9-28(30)37/h4-6,8-11,14,17-18,20,22,25,27,30,38H,7,12-13,15-16,19H2,1-3H3,(H,40,45)(H,39,41,42). The minimum Gasteiger partial charge on any atom is -0.354 e. The first-order chi connectivity index (χ1) is 22.2. The second-order valence-corrected chi connectivity index (χ2v) is 13.2. The number of nitrogens with zero attached hydrogens (tertiary/aromatic N) is 4. The van der Waals surface area contributed by atoms with Crippen molar-refractivity contribution >= 4 is 39.6 Å². The van der Waals surface area contributed by atoms with Crippen LogP contribution in [-0.4, -0.2) is 60.3 Å². The number of aryl methyl sites for hydroxylation is 1. The van der Waals surface area contributed by atoms with Crippen molar-refractivity contribution in [2.45, 2.75) is 44.8 Å². The average molecular weight is 644 g/mol. The first kappa shape index (κ1) is 31.7. The topological polar surface area (TPSA) is 95.1 Å². The lowest BCUT2D eigenvalue weighted by atomic mass is 9.89. The minimum absolute atomic E-state index is 0.445. The maximum Gasteiger partial charge on any atom is 0.233 e. The third kappa shape index (κ3) is 7.26. The fraction of sp³-hybridized carbons (Fsp3) is 0.371. The Morgan fingerprint density at radius 3 is 2.76 bits per heavy atom. The number of amides is 1. The van der Waals surface area contributed by atoms with Crippen LogP contribution in [0.5, 0.6) is 0 Å². The molecule has 0 spiro atoms. The van der Waals surface area contributed by atoms with Gasteiger partial charge in [-0.25, -0.2) is 23.7 Å². The lowest BCUT2D eigenvalue weighted by Crippen LogP contribution is -2.42. The molecule has 0 bridgehead atoms. The van der Waals surface area contributed by atoms with Gasteiger partial charge in [-0.2, -0.15) is 0 Å². The van der Waals surface area contributed by atoms with E-state index in [-0.39, 0.29) is 0 Å². The zero-order valence-electron chi connectivity index (χ0n) is 26.3. The van der Waals surface area contributed by atoms with Crippen LogP contribution in [0.25, 0.3) is 16.1 Å². The Labute approximate surface area is 272 Å². The van der Waals surface area contributed by atoms with E-state index in [9.17, 15) is 13.6 Å². The quantitative estimate of drug-likeness (QED) is 0.246. The van der Waals surface area contributed by atoms with Crippen molar-refractivity contribution < 1.29 is 13.6 Å². The number of rotatable bonds is 9. The maximum atomic E-state index is 14.4. The summed E-state index contributed by atoms with van der Waals surface area (Å²) >= 11 is 1.50. The summed E-state index contributed by atoms with van der Waals surface area (Å²) in [7, 11) is 3.86. The van der Waals surface area contributed by atoms with Crippen LogP contribution in [0.1, 0.15) is 36.1 Å². The summed E-state index contributed by atoms with van der Waals surface area (Å²) in [4.78, 5) is 29.9. The van der Waals surface area contributed by atoms with E-state index < -0.39 is 29.9 Å². The summed E-state index contributed by atoms with van der Waals surface area (Å²) in [5.41, 5.74) is 5.76. The van der Waals surface area contributed by atoms with E-state index in [4.69, 9.17) is 9.97 Å². The average Bonchev–Trinajstić information content (AvgIpc) is 3.50. The normalized spacial score (nSPS) is 21.5. The zero-order chi connectivity index (χ0) is 32.2. The number of carbonyl (C=O) groups excluding carboxylic acids is 1. The molecule has 3 aliphatic rings. The molecule has 46 heavy (non-hydrogen) atoms. The molecule has 1 aromatic carbocycles. The monoisotopic (exact) mass is 643 g/mol. The van der Waals surface area contributed by atoms with Gasteiger partial charge in [0.05, 0.1) is 22.3 Å². The smallest absolute Gasteiger partial charge is 0.233 e. The number of carbonyl (C=O) groups is 1. The number of hydrogen-bond donors (Lipinski definition) is 3. The van der Waals surface area contributed by atoms with Gasteiger partial charge in [-0.05, 0) is 98.7 Å². The molecule has 3 heterocycles. The molecule has 8 nitrogen and oxygen atoms in total. The molecule has 3 aromatic rings. The molecule has 3 atom stereocenters. The first-order valence-electron chi connectivity index (χ1n) is 15.7. The molecule has 3 unspecified atom stereocenters. The molecular weight excluding hydrogens is 604 g/mol. The Bertz CT molecular complexity index is 1710. The van der Waals surface area contributed by atoms with E-state index in [1.165, 1.54) is 47.5 Å². The van der Waals surface area contributed by atoms with Gasteiger partial charge < -0.3 is 20.9 Å². The highest BCUT2D eigenvalue weighted by atomic mass is 32.1. The van der Waals surface area contributed by atoms with Crippen molar-refractivity contribution in [2.75, 3.05) is 37.4 Å². The molecule has 11 heteroatoms. The van der Waals surface area contributed by atoms with Crippen LogP contribution in [0.2, 0.25) is 0 Å². The van der Waals surface area contributed by atoms with Crippen LogP contribution in [0.4, 0.5) is 25.5 Å². The minimum atomic E-state index is -1.71. The zero-order valence-corrected chi connectivity index (χ0v) is 27.1. The van der Waals surface area contributed by atoms with Gasteiger partial charge in [0, 0.05) is 26.0 Å². The number of nitrogens with one attached hydrogen (secondary N) is 3. The highest BCUT2D eigenvalue weighted by Crippen LogP contribution is 2.39. The van der Waals surface area contributed by atoms with Crippen LogP contribution < -0.4 is 20.9 Å². The highest BCUT2D eigenvalue weighted by molar-refractivity contribution is 7.19. The Hall–Kier alpha value is -4.22. The van der Waals surface area contributed by atoms with Gasteiger partial charge in [-0.15, -0.1) is 0 Å². The lowest BCUT2D eigenvalue weighted by molar-refractivity contribution is -0.126. The third-order valence-corrected chi connectivity index (χ3v) is 9.82. The van der Waals surface area contributed by atoms with Gasteiger partial charge in [0.2, 0.25) is 11.9 Å². The summed E-state index contributed by atoms with van der Waals surface area (Å²) in [6.07, 6.45) is 13.4. The van der Waals surface area contributed by atoms with Crippen molar-refractivity contribution in [1.82, 2.24) is 25.6 Å². The number of aromatic nitrogens is 3. The fourth-order valence-electron chi connectivity index (χ4n) is 6.05. The van der Waals surface area contributed by atoms with E-state index in [2.05, 4.69) is 46.1 Å². The van der Waals surface area contributed by atoms with E-state index in [0.717, 1.165) is 52.8 Å². The summed E-state index contributed by atoms with van der Waals surface area (Å²) in [6.45, 7) is 4.34. The molecule has 2 aliphatic carbocycles. The molecule has 3 N–H and O–H groups in total. The van der Waals surface area contributed by atoms with Crippen LogP contribution >= 0.6 is 11.3 Å². The van der Waals surface area contributed by atoms with Crippen LogP contribution in [0.15, 0.2) is 72.7 Å². The number of allylic oxidation sites excluding steroid dienone is 5. The van der Waals surface area contributed by atoms with Gasteiger partial charge >= 0.3 is 0 Å². The van der Waals surface area contributed by atoms with Crippen molar-refractivity contribution in [2.24, 2.45) is 11.8 Å². The predicted molar refractivity (Wildman–Crippen MR) is 182 cm³/mol. The number of halogens is 2. The number of thiazole rings is 1. The van der Waals surface area contributed by atoms with Crippen LogP contribution in [0.3, 0.4) is 0 Å². The molecule has 1 fully saturated rings. The second kappa shape index (κ2) is 14.0. The van der Waals surface area contributed by atoms with Crippen molar-refractivity contribution in [3.05, 3.63) is 89.6 Å². The number of alkyl halides is 1. The second-order valence-electron chi connectivity index (χ2n) is 12.2. The van der Waals surface area contributed by atoms with Gasteiger partial charge in [0.1, 0.15) is 17.9 Å². The molecule has 0 saturated carbocycles. The first-order valence-corrected chi connectivity index (χ1v) is 16.5. The third-order valence-electron chi connectivity index (χ3n) is 8.57. The predicted octanol–water partition coefficient (Wildman–Crippen LogP) is 6.47. The van der Waals surface area contributed by atoms with Crippen molar-refractivity contribution in [3.63, 3.8) is 0 Å².